The number of ether oxygens (including phenoxy) is 1. The number of hydrogen-bond acceptors (Lipinski definition) is 2. The fourth-order valence-corrected chi connectivity index (χ4v) is 0.524. The molecular formula is C7H13NO. The number of hydrogen-bond donors (Lipinski definition) is 1. The van der Waals surface area contributed by atoms with Gasteiger partial charge in [0.05, 0.1) is 7.11 Å². The summed E-state index contributed by atoms with van der Waals surface area (Å²) in [5.41, 5.74) is 6.31. The molecule has 0 saturated heterocycles. The summed E-state index contributed by atoms with van der Waals surface area (Å²) in [6.45, 7) is 6.04. The van der Waals surface area contributed by atoms with E-state index in [9.17, 15) is 0 Å². The molecule has 0 fully saturated rings. The second-order valence-electron chi connectivity index (χ2n) is 1.65. The van der Waals surface area contributed by atoms with Crippen molar-refractivity contribution in [2.75, 3.05) is 13.7 Å². The van der Waals surface area contributed by atoms with Gasteiger partial charge in [-0.05, 0) is 6.92 Å². The molecule has 0 aliphatic heterocycles. The Morgan fingerprint density at radius 1 is 1.78 bits per heavy atom. The van der Waals surface area contributed by atoms with Crippen molar-refractivity contribution < 1.29 is 4.74 Å². The molecule has 52 valence electrons. The quantitative estimate of drug-likeness (QED) is 0.454. The Hall–Kier alpha value is -0.760. The van der Waals surface area contributed by atoms with Crippen molar-refractivity contribution in [3.8, 4) is 0 Å². The Labute approximate surface area is 56.0 Å². The van der Waals surface area contributed by atoms with Crippen molar-refractivity contribution in [3.63, 3.8) is 0 Å². The summed E-state index contributed by atoms with van der Waals surface area (Å²) in [5.74, 6) is 0.653. The van der Waals surface area contributed by atoms with Gasteiger partial charge in [0.15, 0.2) is 0 Å². The first kappa shape index (κ1) is 8.24. The Balaban J connectivity index is 3.97. The molecule has 2 nitrogen and oxygen atoms in total. The molecule has 0 atom stereocenters. The van der Waals surface area contributed by atoms with Crippen LogP contribution in [0.15, 0.2) is 24.0 Å². The maximum Gasteiger partial charge on any atom is 0.115 e. The zero-order valence-corrected chi connectivity index (χ0v) is 5.98. The third kappa shape index (κ3) is 2.33. The zero-order chi connectivity index (χ0) is 7.28. The van der Waals surface area contributed by atoms with Crippen molar-refractivity contribution in [1.82, 2.24) is 0 Å². The van der Waals surface area contributed by atoms with Crippen molar-refractivity contribution in [2.45, 2.75) is 6.92 Å². The average molecular weight is 127 g/mol. The lowest BCUT2D eigenvalue weighted by molar-refractivity contribution is 0.301. The van der Waals surface area contributed by atoms with Crippen LogP contribution in [0.2, 0.25) is 0 Å². The Bertz CT molecular complexity index is 127. The second-order valence-corrected chi connectivity index (χ2v) is 1.65. The van der Waals surface area contributed by atoms with Crippen LogP contribution in [0.25, 0.3) is 0 Å². The molecule has 0 spiro atoms. The predicted octanol–water partition coefficient (Wildman–Crippen LogP) is 1.05. The number of methoxy groups -OCH3 is 1. The van der Waals surface area contributed by atoms with Gasteiger partial charge in [0, 0.05) is 12.1 Å². The van der Waals surface area contributed by atoms with E-state index in [1.807, 2.05) is 13.0 Å². The Morgan fingerprint density at radius 3 is 2.44 bits per heavy atom. The summed E-state index contributed by atoms with van der Waals surface area (Å²) >= 11 is 0. The molecule has 2 heteroatoms. The Morgan fingerprint density at radius 2 is 2.33 bits per heavy atom. The van der Waals surface area contributed by atoms with Gasteiger partial charge >= 0.3 is 0 Å². The lowest BCUT2D eigenvalue weighted by Crippen LogP contribution is -2.05. The van der Waals surface area contributed by atoms with Gasteiger partial charge in [0.1, 0.15) is 5.76 Å². The topological polar surface area (TPSA) is 35.2 Å². The molecule has 0 aromatic carbocycles. The van der Waals surface area contributed by atoms with E-state index < -0.39 is 0 Å². The molecular weight excluding hydrogens is 114 g/mol. The van der Waals surface area contributed by atoms with Gasteiger partial charge in [0.25, 0.3) is 0 Å². The number of allylic oxidation sites excluding steroid dienone is 1. The predicted molar refractivity (Wildman–Crippen MR) is 39.0 cm³/mol. The van der Waals surface area contributed by atoms with Gasteiger partial charge in [-0.1, -0.05) is 12.7 Å². The third-order valence-corrected chi connectivity index (χ3v) is 1.17. The molecule has 0 saturated carbocycles. The Kier molecular flexibility index (Phi) is 3.80. The van der Waals surface area contributed by atoms with E-state index in [1.54, 1.807) is 7.11 Å². The number of rotatable bonds is 3. The summed E-state index contributed by atoms with van der Waals surface area (Å²) in [5, 5.41) is 0. The van der Waals surface area contributed by atoms with E-state index in [2.05, 4.69) is 6.58 Å². The van der Waals surface area contributed by atoms with Gasteiger partial charge in [-0.15, -0.1) is 0 Å². The largest absolute Gasteiger partial charge is 0.497 e. The van der Waals surface area contributed by atoms with Crippen LogP contribution in [0.4, 0.5) is 0 Å². The summed E-state index contributed by atoms with van der Waals surface area (Å²) in [6.07, 6.45) is 1.89. The lowest BCUT2D eigenvalue weighted by Gasteiger charge is -2.04. The molecule has 0 aliphatic carbocycles. The molecule has 0 aromatic rings. The van der Waals surface area contributed by atoms with Gasteiger partial charge < -0.3 is 10.5 Å². The maximum atomic E-state index is 5.35. The molecule has 9 heavy (non-hydrogen) atoms. The zero-order valence-electron chi connectivity index (χ0n) is 5.98. The third-order valence-electron chi connectivity index (χ3n) is 1.17. The van der Waals surface area contributed by atoms with Crippen LogP contribution < -0.4 is 5.73 Å². The molecule has 0 rings (SSSR count). The van der Waals surface area contributed by atoms with Crippen molar-refractivity contribution in [1.29, 1.82) is 0 Å². The van der Waals surface area contributed by atoms with Crippen LogP contribution in [-0.4, -0.2) is 13.7 Å². The summed E-state index contributed by atoms with van der Waals surface area (Å²) in [4.78, 5) is 0. The fourth-order valence-electron chi connectivity index (χ4n) is 0.524. The maximum absolute atomic E-state index is 5.35. The van der Waals surface area contributed by atoms with E-state index >= 15 is 0 Å². The highest BCUT2D eigenvalue weighted by atomic mass is 16.5. The normalized spacial score (nSPS) is 11.2. The highest BCUT2D eigenvalue weighted by Gasteiger charge is 1.95. The fraction of sp³-hybridized carbons (Fsp3) is 0.429. The second kappa shape index (κ2) is 4.15. The van der Waals surface area contributed by atoms with E-state index in [-0.39, 0.29) is 0 Å². The van der Waals surface area contributed by atoms with Crippen LogP contribution >= 0.6 is 0 Å². The van der Waals surface area contributed by atoms with Crippen LogP contribution in [0.3, 0.4) is 0 Å². The highest BCUT2D eigenvalue weighted by molar-refractivity contribution is 5.23. The van der Waals surface area contributed by atoms with E-state index in [0.29, 0.717) is 12.3 Å². The molecule has 0 aliphatic rings. The minimum Gasteiger partial charge on any atom is -0.497 e. The summed E-state index contributed by atoms with van der Waals surface area (Å²) < 4.78 is 4.85. The monoisotopic (exact) mass is 127 g/mol. The molecule has 0 unspecified atom stereocenters. The van der Waals surface area contributed by atoms with Crippen molar-refractivity contribution >= 4 is 0 Å². The van der Waals surface area contributed by atoms with Crippen LogP contribution in [0, 0.1) is 0 Å². The minimum atomic E-state index is 0.489. The first-order valence-electron chi connectivity index (χ1n) is 2.84. The average Bonchev–Trinajstić information content (AvgIpc) is 1.90. The molecule has 0 radical (unpaired) electrons. The highest BCUT2D eigenvalue weighted by Crippen LogP contribution is 2.04. The first-order chi connectivity index (χ1) is 4.26. The van der Waals surface area contributed by atoms with Crippen LogP contribution in [-0.2, 0) is 4.74 Å². The van der Waals surface area contributed by atoms with Crippen molar-refractivity contribution in [2.24, 2.45) is 5.73 Å². The molecule has 0 amide bonds. The van der Waals surface area contributed by atoms with Crippen LogP contribution in [0.5, 0.6) is 0 Å². The van der Waals surface area contributed by atoms with Gasteiger partial charge in [-0.25, -0.2) is 0 Å². The van der Waals surface area contributed by atoms with Gasteiger partial charge in [0.2, 0.25) is 0 Å². The SMILES string of the molecule is C=C(OC)C(=CC)CN. The van der Waals surface area contributed by atoms with E-state index in [1.165, 1.54) is 0 Å². The summed E-state index contributed by atoms with van der Waals surface area (Å²) in [7, 11) is 1.58. The van der Waals surface area contributed by atoms with Gasteiger partial charge in [-0.2, -0.15) is 0 Å². The molecule has 0 aromatic heterocycles. The minimum absolute atomic E-state index is 0.489. The van der Waals surface area contributed by atoms with Crippen LogP contribution in [0.1, 0.15) is 6.92 Å². The first-order valence-corrected chi connectivity index (χ1v) is 2.84. The molecule has 0 heterocycles. The standard InChI is InChI=1S/C7H13NO/c1-4-7(5-8)6(2)9-3/h4H,2,5,8H2,1,3H3. The number of nitrogens with two attached hydrogens (primary N) is 1. The van der Waals surface area contributed by atoms with Gasteiger partial charge in [-0.3, -0.25) is 0 Å². The lowest BCUT2D eigenvalue weighted by atomic mass is 10.2. The van der Waals surface area contributed by atoms with E-state index in [0.717, 1.165) is 5.57 Å². The van der Waals surface area contributed by atoms with Crippen molar-refractivity contribution in [3.05, 3.63) is 24.0 Å². The van der Waals surface area contributed by atoms with E-state index in [4.69, 9.17) is 10.5 Å². The summed E-state index contributed by atoms with van der Waals surface area (Å²) in [6, 6.07) is 0. The smallest absolute Gasteiger partial charge is 0.115 e. The molecule has 2 N–H and O–H groups in total. The molecule has 0 bridgehead atoms.